The Balaban J connectivity index is 1.42. The second-order valence-corrected chi connectivity index (χ2v) is 11.9. The van der Waals surface area contributed by atoms with Gasteiger partial charge in [0.2, 0.25) is 10.0 Å². The number of aromatic nitrogens is 1. The number of aliphatic hydroxyl groups is 1. The molecule has 3 fully saturated rings. The molecule has 3 N–H and O–H groups in total. The second-order valence-electron chi connectivity index (χ2n) is 10.2. The van der Waals surface area contributed by atoms with E-state index in [0.717, 1.165) is 25.9 Å². The Kier molecular flexibility index (Phi) is 6.95. The van der Waals surface area contributed by atoms with E-state index in [0.29, 0.717) is 16.8 Å². The monoisotopic (exact) mass is 551 g/mol. The zero-order valence-electron chi connectivity index (χ0n) is 21.0. The van der Waals surface area contributed by atoms with Gasteiger partial charge in [0.05, 0.1) is 43.1 Å². The van der Waals surface area contributed by atoms with Crippen molar-refractivity contribution in [2.45, 2.75) is 36.5 Å². The number of hydrogen-bond donors (Lipinski definition) is 3. The molecule has 3 aliphatic rings. The highest BCUT2D eigenvalue weighted by Gasteiger charge is 2.46. The third kappa shape index (κ3) is 5.40. The minimum absolute atomic E-state index is 0.0128. The molecule has 0 bridgehead atoms. The quantitative estimate of drug-likeness (QED) is 0.434. The number of carbonyl (C=O) groups excluding carboxylic acids is 1. The van der Waals surface area contributed by atoms with Crippen molar-refractivity contribution in [2.24, 2.45) is 5.41 Å². The van der Waals surface area contributed by atoms with Crippen LogP contribution in [0.2, 0.25) is 0 Å². The van der Waals surface area contributed by atoms with Crippen LogP contribution in [0.5, 0.6) is 5.75 Å². The zero-order valence-corrected chi connectivity index (χ0v) is 21.9. The number of ether oxygens (including phenoxy) is 1. The molecule has 2 aromatic rings. The van der Waals surface area contributed by atoms with Crippen molar-refractivity contribution < 1.29 is 31.8 Å². The van der Waals surface area contributed by atoms with Crippen LogP contribution in [0.4, 0.5) is 26.0 Å². The fourth-order valence-electron chi connectivity index (χ4n) is 5.00. The van der Waals surface area contributed by atoms with Gasteiger partial charge in [-0.25, -0.2) is 26.9 Å². The van der Waals surface area contributed by atoms with Gasteiger partial charge in [-0.15, -0.1) is 0 Å². The highest BCUT2D eigenvalue weighted by atomic mass is 32.2. The summed E-state index contributed by atoms with van der Waals surface area (Å²) in [7, 11) is -2.46. The Morgan fingerprint density at radius 3 is 2.42 bits per heavy atom. The number of alkyl halides is 2. The molecule has 3 heterocycles. The minimum Gasteiger partial charge on any atom is -0.493 e. The van der Waals surface area contributed by atoms with Crippen molar-refractivity contribution >= 4 is 33.1 Å². The predicted molar refractivity (Wildman–Crippen MR) is 138 cm³/mol. The number of sulfonamides is 1. The van der Waals surface area contributed by atoms with Gasteiger partial charge in [0.15, 0.2) is 11.6 Å². The van der Waals surface area contributed by atoms with Gasteiger partial charge in [0.25, 0.3) is 11.8 Å². The first kappa shape index (κ1) is 26.6. The molecule has 0 radical (unpaired) electrons. The van der Waals surface area contributed by atoms with E-state index in [1.54, 1.807) is 0 Å². The number of nitrogens with one attached hydrogen (secondary N) is 2. The van der Waals surface area contributed by atoms with E-state index >= 15 is 0 Å². The van der Waals surface area contributed by atoms with E-state index in [4.69, 9.17) is 9.84 Å². The van der Waals surface area contributed by atoms with E-state index in [1.807, 2.05) is 0 Å². The zero-order chi connectivity index (χ0) is 27.1. The highest BCUT2D eigenvalue weighted by Crippen LogP contribution is 2.54. The summed E-state index contributed by atoms with van der Waals surface area (Å²) in [5.74, 6) is -2.94. The molecule has 206 valence electrons. The lowest BCUT2D eigenvalue weighted by Crippen LogP contribution is -2.56. The summed E-state index contributed by atoms with van der Waals surface area (Å²) in [6, 6.07) is 7.40. The number of halogens is 2. The average Bonchev–Trinajstić information content (AvgIpc) is 3.64. The average molecular weight is 552 g/mol. The van der Waals surface area contributed by atoms with Crippen LogP contribution in [0.15, 0.2) is 35.2 Å². The summed E-state index contributed by atoms with van der Waals surface area (Å²) < 4.78 is 60.0. The van der Waals surface area contributed by atoms with Crippen molar-refractivity contribution in [3.8, 4) is 5.75 Å². The minimum atomic E-state index is -3.86. The van der Waals surface area contributed by atoms with Crippen LogP contribution >= 0.6 is 0 Å². The van der Waals surface area contributed by atoms with E-state index in [-0.39, 0.29) is 35.3 Å². The smallest absolute Gasteiger partial charge is 0.282 e. The SMILES string of the molecule is COc1ccc(C(=O)Nc2ccc(S(=O)(=O)NCCO)cc2N2CCC3(CC2)CC3)nc1N1CC(F)(F)C1. The van der Waals surface area contributed by atoms with E-state index in [9.17, 15) is 22.0 Å². The molecule has 5 rings (SSSR count). The number of carbonyl (C=O) groups is 1. The summed E-state index contributed by atoms with van der Waals surface area (Å²) >= 11 is 0. The Bertz CT molecular complexity index is 1320. The lowest BCUT2D eigenvalue weighted by molar-refractivity contribution is -0.0269. The van der Waals surface area contributed by atoms with Gasteiger partial charge < -0.3 is 25.0 Å². The standard InChI is InChI=1S/C25H31F2N5O5S/c1-37-21-5-4-19(29-22(21)32-15-25(26,27)16-32)23(34)30-18-3-2-17(38(35,36)28-10-13-33)14-20(18)31-11-8-24(6-7-24)9-12-31/h2-5,14,28,33H,6-13,15-16H2,1H3,(H,30,34). The topological polar surface area (TPSA) is 124 Å². The molecule has 1 amide bonds. The summed E-state index contributed by atoms with van der Waals surface area (Å²) in [5.41, 5.74) is 1.39. The molecule has 10 nitrogen and oxygen atoms in total. The number of piperidine rings is 1. The van der Waals surface area contributed by atoms with Crippen LogP contribution < -0.4 is 24.6 Å². The number of amides is 1. The predicted octanol–water partition coefficient (Wildman–Crippen LogP) is 2.45. The molecule has 38 heavy (non-hydrogen) atoms. The van der Waals surface area contributed by atoms with Gasteiger partial charge in [-0.05, 0) is 61.4 Å². The molecule has 1 aromatic heterocycles. The van der Waals surface area contributed by atoms with Crippen LogP contribution in [0.1, 0.15) is 36.2 Å². The van der Waals surface area contributed by atoms with Crippen LogP contribution in [0.3, 0.4) is 0 Å². The Morgan fingerprint density at radius 1 is 1.11 bits per heavy atom. The van der Waals surface area contributed by atoms with Crippen molar-refractivity contribution in [1.82, 2.24) is 9.71 Å². The molecule has 13 heteroatoms. The van der Waals surface area contributed by atoms with Gasteiger partial charge in [0.1, 0.15) is 5.69 Å². The third-order valence-electron chi connectivity index (χ3n) is 7.49. The molecule has 0 unspecified atom stereocenters. The molecular formula is C25H31F2N5O5S. The fraction of sp³-hybridized carbons (Fsp3) is 0.520. The first-order valence-electron chi connectivity index (χ1n) is 12.5. The lowest BCUT2D eigenvalue weighted by atomic mass is 9.93. The summed E-state index contributed by atoms with van der Waals surface area (Å²) in [6.45, 7) is -0.0170. The van der Waals surface area contributed by atoms with Crippen LogP contribution in [0, 0.1) is 5.41 Å². The molecule has 1 aliphatic carbocycles. The van der Waals surface area contributed by atoms with Crippen molar-refractivity contribution in [3.05, 3.63) is 36.0 Å². The van der Waals surface area contributed by atoms with Gasteiger partial charge in [0, 0.05) is 19.6 Å². The normalized spacial score (nSPS) is 19.7. The Morgan fingerprint density at radius 2 is 1.82 bits per heavy atom. The van der Waals surface area contributed by atoms with Crippen LogP contribution in [0.25, 0.3) is 0 Å². The molecule has 2 saturated heterocycles. The van der Waals surface area contributed by atoms with Gasteiger partial charge >= 0.3 is 0 Å². The van der Waals surface area contributed by atoms with Gasteiger partial charge in [-0.3, -0.25) is 4.79 Å². The first-order valence-corrected chi connectivity index (χ1v) is 14.0. The molecule has 0 atom stereocenters. The molecular weight excluding hydrogens is 520 g/mol. The Hall–Kier alpha value is -3.03. The lowest BCUT2D eigenvalue weighted by Gasteiger charge is -2.40. The highest BCUT2D eigenvalue weighted by molar-refractivity contribution is 7.89. The maximum Gasteiger partial charge on any atom is 0.282 e. The number of pyridine rings is 1. The molecule has 1 saturated carbocycles. The maximum absolute atomic E-state index is 13.5. The van der Waals surface area contributed by atoms with Crippen molar-refractivity contribution in [1.29, 1.82) is 0 Å². The second kappa shape index (κ2) is 9.93. The van der Waals surface area contributed by atoms with E-state index in [1.165, 1.54) is 55.2 Å². The first-order chi connectivity index (χ1) is 18.0. The molecule has 2 aliphatic heterocycles. The Labute approximate surface area is 220 Å². The van der Waals surface area contributed by atoms with Crippen molar-refractivity contribution in [2.75, 3.05) is 61.6 Å². The number of nitrogens with zero attached hydrogens (tertiary/aromatic N) is 3. The number of anilines is 3. The maximum atomic E-state index is 13.5. The summed E-state index contributed by atoms with van der Waals surface area (Å²) in [4.78, 5) is 21.0. The summed E-state index contributed by atoms with van der Waals surface area (Å²) in [5, 5.41) is 11.9. The van der Waals surface area contributed by atoms with E-state index in [2.05, 4.69) is 19.9 Å². The number of methoxy groups -OCH3 is 1. The largest absolute Gasteiger partial charge is 0.493 e. The number of aliphatic hydroxyl groups excluding tert-OH is 1. The number of rotatable bonds is 9. The van der Waals surface area contributed by atoms with Crippen LogP contribution in [-0.2, 0) is 10.0 Å². The molecule has 1 aromatic carbocycles. The number of benzene rings is 1. The third-order valence-corrected chi connectivity index (χ3v) is 8.95. The number of hydrogen-bond acceptors (Lipinski definition) is 8. The van der Waals surface area contributed by atoms with Gasteiger partial charge in [-0.2, -0.15) is 0 Å². The van der Waals surface area contributed by atoms with Crippen molar-refractivity contribution in [3.63, 3.8) is 0 Å². The van der Waals surface area contributed by atoms with Gasteiger partial charge in [-0.1, -0.05) is 0 Å². The van der Waals surface area contributed by atoms with Crippen LogP contribution in [-0.4, -0.2) is 76.8 Å². The fourth-order valence-corrected chi connectivity index (χ4v) is 6.04. The summed E-state index contributed by atoms with van der Waals surface area (Å²) in [6.07, 6.45) is 4.39. The molecule has 1 spiro atoms. The van der Waals surface area contributed by atoms with E-state index < -0.39 is 34.9 Å².